The molecule has 0 radical (unpaired) electrons. The molecule has 3 rings (SSSR count). The van der Waals surface area contributed by atoms with Gasteiger partial charge < -0.3 is 5.32 Å². The van der Waals surface area contributed by atoms with Gasteiger partial charge in [-0.2, -0.15) is 0 Å². The Hall–Kier alpha value is -2.20. The number of amides is 1. The highest BCUT2D eigenvalue weighted by Crippen LogP contribution is 2.34. The predicted molar refractivity (Wildman–Crippen MR) is 97.4 cm³/mol. The summed E-state index contributed by atoms with van der Waals surface area (Å²) in [5.74, 6) is -0.0622. The van der Waals surface area contributed by atoms with Gasteiger partial charge >= 0.3 is 0 Å². The molecule has 25 heavy (non-hydrogen) atoms. The summed E-state index contributed by atoms with van der Waals surface area (Å²) in [5, 5.41) is 2.95. The fourth-order valence-corrected chi connectivity index (χ4v) is 3.63. The first-order chi connectivity index (χ1) is 12.2. The fourth-order valence-electron chi connectivity index (χ4n) is 3.63. The Morgan fingerprint density at radius 2 is 1.84 bits per heavy atom. The first-order valence-corrected chi connectivity index (χ1v) is 8.98. The van der Waals surface area contributed by atoms with Crippen LogP contribution in [-0.2, 0) is 11.3 Å². The van der Waals surface area contributed by atoms with Gasteiger partial charge in [0.05, 0.1) is 5.92 Å². The van der Waals surface area contributed by atoms with E-state index in [0.717, 1.165) is 31.5 Å². The molecular formula is C21H25FN2O. The van der Waals surface area contributed by atoms with E-state index < -0.39 is 0 Å². The number of piperidine rings is 1. The van der Waals surface area contributed by atoms with Crippen molar-refractivity contribution in [2.75, 3.05) is 13.1 Å². The summed E-state index contributed by atoms with van der Waals surface area (Å²) in [6, 6.07) is 17.3. The number of likely N-dealkylation sites (tertiary alicyclic amines) is 1. The molecule has 1 fully saturated rings. The van der Waals surface area contributed by atoms with Crippen molar-refractivity contribution in [1.29, 1.82) is 0 Å². The molecule has 2 aromatic carbocycles. The molecule has 1 amide bonds. The van der Waals surface area contributed by atoms with Crippen LogP contribution in [0.4, 0.5) is 4.39 Å². The summed E-state index contributed by atoms with van der Waals surface area (Å²) < 4.78 is 13.3. The van der Waals surface area contributed by atoms with E-state index in [0.29, 0.717) is 6.54 Å². The van der Waals surface area contributed by atoms with Crippen LogP contribution >= 0.6 is 0 Å². The van der Waals surface area contributed by atoms with Crippen LogP contribution in [0.15, 0.2) is 54.6 Å². The lowest BCUT2D eigenvalue weighted by Crippen LogP contribution is -2.44. The van der Waals surface area contributed by atoms with E-state index in [4.69, 9.17) is 0 Å². The average molecular weight is 340 g/mol. The molecule has 2 atom stereocenters. The van der Waals surface area contributed by atoms with Gasteiger partial charge in [-0.1, -0.05) is 42.5 Å². The predicted octanol–water partition coefficient (Wildman–Crippen LogP) is 3.92. The van der Waals surface area contributed by atoms with Gasteiger partial charge in [0.15, 0.2) is 0 Å². The minimum Gasteiger partial charge on any atom is -0.356 e. The first-order valence-electron chi connectivity index (χ1n) is 8.98. The van der Waals surface area contributed by atoms with Gasteiger partial charge in [-0.25, -0.2) is 4.39 Å². The van der Waals surface area contributed by atoms with E-state index in [2.05, 4.69) is 22.3 Å². The van der Waals surface area contributed by atoms with Crippen molar-refractivity contribution in [1.82, 2.24) is 10.2 Å². The standard InChI is InChI=1S/C21H25FN2O/c1-2-23-21(25)18-10-13-20(17-8-11-19(22)12-9-17)24(15-18)14-16-6-4-3-5-7-16/h3-9,11-12,18,20H,2,10,13-15H2,1H3,(H,23,25). The van der Waals surface area contributed by atoms with E-state index in [1.54, 1.807) is 0 Å². The van der Waals surface area contributed by atoms with Crippen molar-refractivity contribution < 1.29 is 9.18 Å². The summed E-state index contributed by atoms with van der Waals surface area (Å²) in [7, 11) is 0. The molecule has 0 aliphatic carbocycles. The van der Waals surface area contributed by atoms with Crippen molar-refractivity contribution in [2.45, 2.75) is 32.4 Å². The van der Waals surface area contributed by atoms with Crippen molar-refractivity contribution >= 4 is 5.91 Å². The minimum absolute atomic E-state index is 0.0142. The molecule has 132 valence electrons. The monoisotopic (exact) mass is 340 g/mol. The first kappa shape index (κ1) is 17.6. The number of carbonyl (C=O) groups excluding carboxylic acids is 1. The molecule has 3 nitrogen and oxygen atoms in total. The second-order valence-electron chi connectivity index (χ2n) is 6.65. The average Bonchev–Trinajstić information content (AvgIpc) is 2.64. The van der Waals surface area contributed by atoms with Gasteiger partial charge in [-0.15, -0.1) is 0 Å². The van der Waals surface area contributed by atoms with E-state index in [-0.39, 0.29) is 23.7 Å². The highest BCUT2D eigenvalue weighted by molar-refractivity contribution is 5.78. The van der Waals surface area contributed by atoms with Crippen molar-refractivity contribution in [3.05, 3.63) is 71.5 Å². The van der Waals surface area contributed by atoms with Crippen LogP contribution < -0.4 is 5.32 Å². The molecule has 1 saturated heterocycles. The van der Waals surface area contributed by atoms with Crippen LogP contribution in [0.5, 0.6) is 0 Å². The molecule has 1 N–H and O–H groups in total. The van der Waals surface area contributed by atoms with E-state index in [1.165, 1.54) is 17.7 Å². The summed E-state index contributed by atoms with van der Waals surface area (Å²) in [4.78, 5) is 14.6. The van der Waals surface area contributed by atoms with Gasteiger partial charge in [0, 0.05) is 25.7 Å². The molecule has 1 heterocycles. The zero-order valence-corrected chi connectivity index (χ0v) is 14.6. The molecule has 4 heteroatoms. The Morgan fingerprint density at radius 3 is 2.52 bits per heavy atom. The number of carbonyl (C=O) groups is 1. The summed E-state index contributed by atoms with van der Waals surface area (Å²) >= 11 is 0. The SMILES string of the molecule is CCNC(=O)C1CCC(c2ccc(F)cc2)N(Cc2ccccc2)C1. The van der Waals surface area contributed by atoms with E-state index in [1.807, 2.05) is 37.3 Å². The largest absolute Gasteiger partial charge is 0.356 e. The Bertz CT molecular complexity index is 687. The third kappa shape index (κ3) is 4.45. The van der Waals surface area contributed by atoms with Gasteiger partial charge in [-0.05, 0) is 43.0 Å². The molecule has 0 bridgehead atoms. The normalized spacial score (nSPS) is 21.0. The summed E-state index contributed by atoms with van der Waals surface area (Å²) in [6.45, 7) is 4.13. The zero-order chi connectivity index (χ0) is 17.6. The summed E-state index contributed by atoms with van der Waals surface area (Å²) in [6.07, 6.45) is 1.76. The van der Waals surface area contributed by atoms with Gasteiger partial charge in [0.2, 0.25) is 5.91 Å². The molecule has 1 aliphatic rings. The molecule has 2 aromatic rings. The van der Waals surface area contributed by atoms with Crippen LogP contribution in [0.25, 0.3) is 0 Å². The maximum atomic E-state index is 13.3. The number of hydrogen-bond donors (Lipinski definition) is 1. The maximum Gasteiger partial charge on any atom is 0.224 e. The minimum atomic E-state index is -0.214. The quantitative estimate of drug-likeness (QED) is 0.895. The van der Waals surface area contributed by atoms with Crippen LogP contribution in [0.1, 0.15) is 36.9 Å². The highest BCUT2D eigenvalue weighted by Gasteiger charge is 2.32. The lowest BCUT2D eigenvalue weighted by Gasteiger charge is -2.39. The van der Waals surface area contributed by atoms with E-state index in [9.17, 15) is 9.18 Å². The Labute approximate surface area is 148 Å². The number of benzene rings is 2. The highest BCUT2D eigenvalue weighted by atomic mass is 19.1. The van der Waals surface area contributed by atoms with Crippen LogP contribution in [0.3, 0.4) is 0 Å². The van der Waals surface area contributed by atoms with Crippen molar-refractivity contribution in [2.24, 2.45) is 5.92 Å². The number of nitrogens with zero attached hydrogens (tertiary/aromatic N) is 1. The van der Waals surface area contributed by atoms with Crippen LogP contribution in [-0.4, -0.2) is 23.9 Å². The third-order valence-corrected chi connectivity index (χ3v) is 4.89. The molecule has 0 saturated carbocycles. The second kappa shape index (κ2) is 8.26. The van der Waals surface area contributed by atoms with Gasteiger partial charge in [-0.3, -0.25) is 9.69 Å². The topological polar surface area (TPSA) is 32.3 Å². The second-order valence-corrected chi connectivity index (χ2v) is 6.65. The maximum absolute atomic E-state index is 13.3. The van der Waals surface area contributed by atoms with Crippen molar-refractivity contribution in [3.8, 4) is 0 Å². The lowest BCUT2D eigenvalue weighted by atomic mass is 9.88. The van der Waals surface area contributed by atoms with Gasteiger partial charge in [0.25, 0.3) is 0 Å². The summed E-state index contributed by atoms with van der Waals surface area (Å²) in [5.41, 5.74) is 2.35. The van der Waals surface area contributed by atoms with Crippen molar-refractivity contribution in [3.63, 3.8) is 0 Å². The molecule has 2 unspecified atom stereocenters. The van der Waals surface area contributed by atoms with E-state index >= 15 is 0 Å². The molecule has 1 aliphatic heterocycles. The fraction of sp³-hybridized carbons (Fsp3) is 0.381. The number of hydrogen-bond acceptors (Lipinski definition) is 2. The number of halogens is 1. The Morgan fingerprint density at radius 1 is 1.12 bits per heavy atom. The molecule has 0 spiro atoms. The zero-order valence-electron chi connectivity index (χ0n) is 14.6. The smallest absolute Gasteiger partial charge is 0.224 e. The van der Waals surface area contributed by atoms with Gasteiger partial charge in [0.1, 0.15) is 5.82 Å². The third-order valence-electron chi connectivity index (χ3n) is 4.89. The number of rotatable bonds is 5. The molecular weight excluding hydrogens is 315 g/mol. The lowest BCUT2D eigenvalue weighted by molar-refractivity contribution is -0.127. The number of nitrogens with one attached hydrogen (secondary N) is 1. The Kier molecular flexibility index (Phi) is 5.82. The van der Waals surface area contributed by atoms with Crippen LogP contribution in [0.2, 0.25) is 0 Å². The molecule has 0 aromatic heterocycles. The Balaban J connectivity index is 1.80. The van der Waals surface area contributed by atoms with Crippen LogP contribution in [0, 0.1) is 11.7 Å².